The van der Waals surface area contributed by atoms with E-state index in [9.17, 15) is 4.79 Å². The zero-order chi connectivity index (χ0) is 10.8. The summed E-state index contributed by atoms with van der Waals surface area (Å²) in [7, 11) is 1.40. The summed E-state index contributed by atoms with van der Waals surface area (Å²) in [6.07, 6.45) is 4.79. The molecular weight excluding hydrogens is 180 g/mol. The Morgan fingerprint density at radius 3 is 2.57 bits per heavy atom. The second kappa shape index (κ2) is 9.00. The van der Waals surface area contributed by atoms with Crippen LogP contribution in [0.25, 0.3) is 0 Å². The van der Waals surface area contributed by atoms with Crippen molar-refractivity contribution in [2.75, 3.05) is 20.3 Å². The summed E-state index contributed by atoms with van der Waals surface area (Å²) in [6.45, 7) is 5.22. The van der Waals surface area contributed by atoms with Crippen molar-refractivity contribution in [1.29, 1.82) is 0 Å². The van der Waals surface area contributed by atoms with E-state index in [4.69, 9.17) is 4.74 Å². The van der Waals surface area contributed by atoms with Gasteiger partial charge in [-0.15, -0.1) is 0 Å². The lowest BCUT2D eigenvalue weighted by Crippen LogP contribution is -2.18. The molecule has 84 valence electrons. The standard InChI is InChI=1S/C11H22O3/c1-4-5-6-7-8-14-9-10(2)11(12)13-3/h10H,4-9H2,1-3H3. The second-order valence-electron chi connectivity index (χ2n) is 3.56. The minimum Gasteiger partial charge on any atom is -0.469 e. The quantitative estimate of drug-likeness (QED) is 0.448. The first-order valence-electron chi connectivity index (χ1n) is 5.38. The maximum atomic E-state index is 11.0. The van der Waals surface area contributed by atoms with Gasteiger partial charge in [0.1, 0.15) is 0 Å². The van der Waals surface area contributed by atoms with Crippen molar-refractivity contribution in [2.24, 2.45) is 5.92 Å². The van der Waals surface area contributed by atoms with E-state index in [2.05, 4.69) is 11.7 Å². The molecule has 0 aliphatic heterocycles. The van der Waals surface area contributed by atoms with Crippen LogP contribution in [0.15, 0.2) is 0 Å². The fraction of sp³-hybridized carbons (Fsp3) is 0.909. The Hall–Kier alpha value is -0.570. The van der Waals surface area contributed by atoms with Gasteiger partial charge >= 0.3 is 5.97 Å². The molecule has 1 unspecified atom stereocenters. The summed E-state index contributed by atoms with van der Waals surface area (Å²) < 4.78 is 9.95. The molecule has 0 aromatic heterocycles. The van der Waals surface area contributed by atoms with E-state index in [0.717, 1.165) is 13.0 Å². The largest absolute Gasteiger partial charge is 0.469 e. The van der Waals surface area contributed by atoms with Crippen LogP contribution in [-0.4, -0.2) is 26.3 Å². The molecule has 0 spiro atoms. The molecule has 0 bridgehead atoms. The molecule has 0 amide bonds. The van der Waals surface area contributed by atoms with E-state index in [1.807, 2.05) is 6.92 Å². The highest BCUT2D eigenvalue weighted by molar-refractivity contribution is 5.71. The molecule has 0 aliphatic rings. The third-order valence-corrected chi connectivity index (χ3v) is 2.11. The van der Waals surface area contributed by atoms with Crippen LogP contribution in [0.1, 0.15) is 39.5 Å². The molecule has 3 nitrogen and oxygen atoms in total. The number of rotatable bonds is 8. The molecular formula is C11H22O3. The van der Waals surface area contributed by atoms with Crippen LogP contribution < -0.4 is 0 Å². The van der Waals surface area contributed by atoms with Crippen LogP contribution in [0.2, 0.25) is 0 Å². The Bertz CT molecular complexity index is 145. The van der Waals surface area contributed by atoms with Gasteiger partial charge in [0.15, 0.2) is 0 Å². The lowest BCUT2D eigenvalue weighted by molar-refractivity contribution is -0.146. The Labute approximate surface area is 86.8 Å². The van der Waals surface area contributed by atoms with Crippen molar-refractivity contribution < 1.29 is 14.3 Å². The van der Waals surface area contributed by atoms with Gasteiger partial charge in [0.25, 0.3) is 0 Å². The third kappa shape index (κ3) is 6.89. The van der Waals surface area contributed by atoms with Gasteiger partial charge in [-0.05, 0) is 13.3 Å². The maximum absolute atomic E-state index is 11.0. The molecule has 0 saturated carbocycles. The number of unbranched alkanes of at least 4 members (excludes halogenated alkanes) is 3. The molecule has 0 N–H and O–H groups in total. The van der Waals surface area contributed by atoms with Gasteiger partial charge in [-0.25, -0.2) is 0 Å². The van der Waals surface area contributed by atoms with Gasteiger partial charge in [0.2, 0.25) is 0 Å². The first-order chi connectivity index (χ1) is 6.72. The topological polar surface area (TPSA) is 35.5 Å². The molecule has 0 saturated heterocycles. The summed E-state index contributed by atoms with van der Waals surface area (Å²) >= 11 is 0. The minimum atomic E-state index is -0.196. The zero-order valence-electron chi connectivity index (χ0n) is 9.54. The summed E-state index contributed by atoms with van der Waals surface area (Å²) in [5.41, 5.74) is 0. The van der Waals surface area contributed by atoms with E-state index in [1.165, 1.54) is 26.4 Å². The van der Waals surface area contributed by atoms with Crippen LogP contribution in [0.4, 0.5) is 0 Å². The summed E-state index contributed by atoms with van der Waals surface area (Å²) in [6, 6.07) is 0. The Morgan fingerprint density at radius 2 is 2.00 bits per heavy atom. The van der Waals surface area contributed by atoms with Gasteiger partial charge < -0.3 is 9.47 Å². The Morgan fingerprint density at radius 1 is 1.29 bits per heavy atom. The number of carbonyl (C=O) groups is 1. The molecule has 0 radical (unpaired) electrons. The average molecular weight is 202 g/mol. The smallest absolute Gasteiger partial charge is 0.310 e. The van der Waals surface area contributed by atoms with Crippen LogP contribution >= 0.6 is 0 Å². The molecule has 0 aromatic rings. The summed E-state index contributed by atoms with van der Waals surface area (Å²) in [5.74, 6) is -0.343. The third-order valence-electron chi connectivity index (χ3n) is 2.11. The van der Waals surface area contributed by atoms with Crippen molar-refractivity contribution in [3.63, 3.8) is 0 Å². The van der Waals surface area contributed by atoms with Crippen molar-refractivity contribution in [1.82, 2.24) is 0 Å². The van der Waals surface area contributed by atoms with Crippen molar-refractivity contribution >= 4 is 5.97 Å². The highest BCUT2D eigenvalue weighted by atomic mass is 16.5. The number of ether oxygens (including phenoxy) is 2. The normalized spacial score (nSPS) is 12.5. The van der Waals surface area contributed by atoms with Crippen LogP contribution in [0.3, 0.4) is 0 Å². The number of hydrogen-bond donors (Lipinski definition) is 0. The van der Waals surface area contributed by atoms with Crippen LogP contribution in [0.5, 0.6) is 0 Å². The first kappa shape index (κ1) is 13.4. The molecule has 0 heterocycles. The fourth-order valence-corrected chi connectivity index (χ4v) is 1.16. The molecule has 3 heteroatoms. The average Bonchev–Trinajstić information content (AvgIpc) is 2.21. The Balaban J connectivity index is 3.23. The monoisotopic (exact) mass is 202 g/mol. The minimum absolute atomic E-state index is 0.147. The van der Waals surface area contributed by atoms with E-state index in [0.29, 0.717) is 6.61 Å². The number of carbonyl (C=O) groups excluding carboxylic acids is 1. The van der Waals surface area contributed by atoms with Crippen molar-refractivity contribution in [2.45, 2.75) is 39.5 Å². The number of hydrogen-bond acceptors (Lipinski definition) is 3. The van der Waals surface area contributed by atoms with Gasteiger partial charge in [0, 0.05) is 6.61 Å². The van der Waals surface area contributed by atoms with Crippen molar-refractivity contribution in [3.8, 4) is 0 Å². The molecule has 14 heavy (non-hydrogen) atoms. The number of esters is 1. The van der Waals surface area contributed by atoms with E-state index < -0.39 is 0 Å². The lowest BCUT2D eigenvalue weighted by Gasteiger charge is -2.09. The summed E-state index contributed by atoms with van der Waals surface area (Å²) in [4.78, 5) is 11.0. The van der Waals surface area contributed by atoms with Gasteiger partial charge in [-0.3, -0.25) is 4.79 Å². The van der Waals surface area contributed by atoms with Crippen LogP contribution in [-0.2, 0) is 14.3 Å². The molecule has 0 rings (SSSR count). The second-order valence-corrected chi connectivity index (χ2v) is 3.56. The first-order valence-corrected chi connectivity index (χ1v) is 5.38. The van der Waals surface area contributed by atoms with E-state index >= 15 is 0 Å². The Kier molecular flexibility index (Phi) is 8.64. The predicted molar refractivity (Wildman–Crippen MR) is 56.1 cm³/mol. The maximum Gasteiger partial charge on any atom is 0.310 e. The fourth-order valence-electron chi connectivity index (χ4n) is 1.16. The highest BCUT2D eigenvalue weighted by Gasteiger charge is 2.12. The molecule has 0 aromatic carbocycles. The molecule has 0 aliphatic carbocycles. The van der Waals surface area contributed by atoms with Gasteiger partial charge in [-0.1, -0.05) is 26.2 Å². The van der Waals surface area contributed by atoms with E-state index in [1.54, 1.807) is 0 Å². The zero-order valence-corrected chi connectivity index (χ0v) is 9.54. The summed E-state index contributed by atoms with van der Waals surface area (Å²) in [5, 5.41) is 0. The predicted octanol–water partition coefficient (Wildman–Crippen LogP) is 2.39. The molecule has 0 fully saturated rings. The lowest BCUT2D eigenvalue weighted by atomic mass is 10.2. The molecule has 1 atom stereocenters. The number of methoxy groups -OCH3 is 1. The van der Waals surface area contributed by atoms with Gasteiger partial charge in [0.05, 0.1) is 19.6 Å². The van der Waals surface area contributed by atoms with Crippen molar-refractivity contribution in [3.05, 3.63) is 0 Å². The van der Waals surface area contributed by atoms with E-state index in [-0.39, 0.29) is 11.9 Å². The highest BCUT2D eigenvalue weighted by Crippen LogP contribution is 2.02. The SMILES string of the molecule is CCCCCCOCC(C)C(=O)OC. The van der Waals surface area contributed by atoms with Crippen LogP contribution in [0, 0.1) is 5.92 Å². The van der Waals surface area contributed by atoms with Gasteiger partial charge in [-0.2, -0.15) is 0 Å².